The molecule has 0 aliphatic carbocycles. The van der Waals surface area contributed by atoms with Crippen LogP contribution in [0.3, 0.4) is 0 Å². The van der Waals surface area contributed by atoms with Gasteiger partial charge in [0.05, 0.1) is 0 Å². The number of nitrogens with one attached hydrogen (secondary N) is 1. The molecular weight excluding hydrogens is 373 g/mol. The summed E-state index contributed by atoms with van der Waals surface area (Å²) >= 11 is 0. The third-order valence-corrected chi connectivity index (χ3v) is 5.37. The monoisotopic (exact) mass is 399 g/mol. The third kappa shape index (κ3) is 4.91. The van der Waals surface area contributed by atoms with E-state index in [1.54, 1.807) is 28.7 Å². The van der Waals surface area contributed by atoms with Crippen molar-refractivity contribution in [1.29, 1.82) is 0 Å². The summed E-state index contributed by atoms with van der Waals surface area (Å²) in [6.07, 6.45) is 3.39. The van der Waals surface area contributed by atoms with Crippen molar-refractivity contribution < 1.29 is 14.0 Å². The van der Waals surface area contributed by atoms with E-state index >= 15 is 0 Å². The van der Waals surface area contributed by atoms with Crippen LogP contribution < -0.4 is 10.9 Å². The fraction of sp³-hybridized carbons (Fsp3) is 0.409. The van der Waals surface area contributed by atoms with E-state index < -0.39 is 0 Å². The van der Waals surface area contributed by atoms with Crippen LogP contribution in [0.5, 0.6) is 0 Å². The number of carbonyl (C=O) groups is 2. The smallest absolute Gasteiger partial charge is 0.254 e. The Morgan fingerprint density at radius 3 is 2.72 bits per heavy atom. The molecule has 0 spiro atoms. The van der Waals surface area contributed by atoms with E-state index in [4.69, 9.17) is 0 Å². The topological polar surface area (TPSA) is 71.4 Å². The van der Waals surface area contributed by atoms with Crippen molar-refractivity contribution in [2.24, 2.45) is 5.92 Å². The van der Waals surface area contributed by atoms with Gasteiger partial charge in [-0.3, -0.25) is 14.4 Å². The number of aryl methyl sites for hydroxylation is 2. The highest BCUT2D eigenvalue weighted by Gasteiger charge is 2.25. The fourth-order valence-electron chi connectivity index (χ4n) is 3.71. The fourth-order valence-corrected chi connectivity index (χ4v) is 3.71. The molecular formula is C22H26FN3O3. The minimum absolute atomic E-state index is 0.133. The van der Waals surface area contributed by atoms with Gasteiger partial charge in [0, 0.05) is 49.6 Å². The molecule has 1 saturated heterocycles. The van der Waals surface area contributed by atoms with Crippen LogP contribution in [-0.4, -0.2) is 40.9 Å². The molecule has 1 aromatic heterocycles. The standard InChI is InChI=1S/C22H26FN3O3/c1-3-25-10-8-17(12-20(25)27)22(29)26-9-4-5-16(14-26)13-24-21(28)19-7-6-18(23)11-15(19)2/h6-8,10-12,16H,3-5,9,13-14H2,1-2H3,(H,24,28)/t16-/m1/s1. The van der Waals surface area contributed by atoms with Crippen LogP contribution in [-0.2, 0) is 6.54 Å². The first-order valence-corrected chi connectivity index (χ1v) is 9.93. The van der Waals surface area contributed by atoms with E-state index in [1.807, 2.05) is 6.92 Å². The lowest BCUT2D eigenvalue weighted by Crippen LogP contribution is -2.44. The molecule has 3 rings (SSSR count). The number of aromatic nitrogens is 1. The number of likely N-dealkylation sites (tertiary alicyclic amines) is 1. The average molecular weight is 399 g/mol. The maximum absolute atomic E-state index is 13.2. The highest BCUT2D eigenvalue weighted by molar-refractivity contribution is 5.95. The van der Waals surface area contributed by atoms with Gasteiger partial charge in [-0.05, 0) is 62.4 Å². The van der Waals surface area contributed by atoms with Gasteiger partial charge in [-0.1, -0.05) is 0 Å². The van der Waals surface area contributed by atoms with Crippen molar-refractivity contribution in [2.75, 3.05) is 19.6 Å². The second kappa shape index (κ2) is 9.03. The van der Waals surface area contributed by atoms with Gasteiger partial charge in [0.2, 0.25) is 0 Å². The number of carbonyl (C=O) groups excluding carboxylic acids is 2. The minimum Gasteiger partial charge on any atom is -0.352 e. The second-order valence-electron chi connectivity index (χ2n) is 7.47. The van der Waals surface area contributed by atoms with Crippen molar-refractivity contribution in [3.63, 3.8) is 0 Å². The van der Waals surface area contributed by atoms with Gasteiger partial charge in [0.1, 0.15) is 5.82 Å². The second-order valence-corrected chi connectivity index (χ2v) is 7.47. The molecule has 0 saturated carbocycles. The number of halogens is 1. The van der Waals surface area contributed by atoms with Gasteiger partial charge in [-0.25, -0.2) is 4.39 Å². The van der Waals surface area contributed by atoms with Crippen molar-refractivity contribution in [1.82, 2.24) is 14.8 Å². The molecule has 0 radical (unpaired) electrons. The van der Waals surface area contributed by atoms with E-state index in [1.165, 1.54) is 24.3 Å². The summed E-state index contributed by atoms with van der Waals surface area (Å²) in [5.41, 5.74) is 1.25. The van der Waals surface area contributed by atoms with Crippen LogP contribution in [0.25, 0.3) is 0 Å². The Hall–Kier alpha value is -2.96. The first kappa shape index (κ1) is 20.8. The van der Waals surface area contributed by atoms with Gasteiger partial charge >= 0.3 is 0 Å². The number of nitrogens with zero attached hydrogens (tertiary/aromatic N) is 2. The SMILES string of the molecule is CCn1ccc(C(=O)N2CCC[C@H](CNC(=O)c3ccc(F)cc3C)C2)cc1=O. The Kier molecular flexibility index (Phi) is 6.46. The van der Waals surface area contributed by atoms with Crippen LogP contribution in [0.1, 0.15) is 46.0 Å². The molecule has 1 aromatic carbocycles. The number of hydrogen-bond donors (Lipinski definition) is 1. The summed E-state index contributed by atoms with van der Waals surface area (Å²) in [5.74, 6) is -0.634. The summed E-state index contributed by atoms with van der Waals surface area (Å²) < 4.78 is 14.8. The van der Waals surface area contributed by atoms with Gasteiger partial charge in [-0.2, -0.15) is 0 Å². The van der Waals surface area contributed by atoms with Crippen LogP contribution in [0.15, 0.2) is 41.3 Å². The van der Waals surface area contributed by atoms with Gasteiger partial charge in [-0.15, -0.1) is 0 Å². The third-order valence-electron chi connectivity index (χ3n) is 5.37. The van der Waals surface area contributed by atoms with E-state index in [-0.39, 0.29) is 29.1 Å². The highest BCUT2D eigenvalue weighted by Crippen LogP contribution is 2.18. The molecule has 1 atom stereocenters. The molecule has 29 heavy (non-hydrogen) atoms. The Morgan fingerprint density at radius 2 is 2.03 bits per heavy atom. The molecule has 1 N–H and O–H groups in total. The quantitative estimate of drug-likeness (QED) is 0.840. The summed E-state index contributed by atoms with van der Waals surface area (Å²) in [4.78, 5) is 38.9. The lowest BCUT2D eigenvalue weighted by Gasteiger charge is -2.33. The van der Waals surface area contributed by atoms with Crippen molar-refractivity contribution in [2.45, 2.75) is 33.2 Å². The van der Waals surface area contributed by atoms with Crippen LogP contribution >= 0.6 is 0 Å². The van der Waals surface area contributed by atoms with Gasteiger partial charge < -0.3 is 14.8 Å². The highest BCUT2D eigenvalue weighted by atomic mass is 19.1. The lowest BCUT2D eigenvalue weighted by atomic mass is 9.97. The average Bonchev–Trinajstić information content (AvgIpc) is 2.71. The predicted molar refractivity (Wildman–Crippen MR) is 108 cm³/mol. The van der Waals surface area contributed by atoms with Gasteiger partial charge in [0.25, 0.3) is 17.4 Å². The zero-order chi connectivity index (χ0) is 21.0. The zero-order valence-electron chi connectivity index (χ0n) is 16.8. The number of piperidine rings is 1. The largest absolute Gasteiger partial charge is 0.352 e. The molecule has 1 aliphatic rings. The molecule has 2 aromatic rings. The molecule has 1 aliphatic heterocycles. The predicted octanol–water partition coefficient (Wildman–Crippen LogP) is 2.60. The van der Waals surface area contributed by atoms with E-state index in [0.29, 0.717) is 42.9 Å². The molecule has 2 heterocycles. The van der Waals surface area contributed by atoms with Gasteiger partial charge in [0.15, 0.2) is 0 Å². The summed E-state index contributed by atoms with van der Waals surface area (Å²) in [6.45, 7) is 5.74. The number of hydrogen-bond acceptors (Lipinski definition) is 3. The van der Waals surface area contributed by atoms with Crippen LogP contribution in [0.2, 0.25) is 0 Å². The molecule has 0 bridgehead atoms. The molecule has 7 heteroatoms. The summed E-state index contributed by atoms with van der Waals surface area (Å²) in [5, 5.41) is 2.90. The summed E-state index contributed by atoms with van der Waals surface area (Å²) in [7, 11) is 0. The van der Waals surface area contributed by atoms with Crippen LogP contribution in [0.4, 0.5) is 4.39 Å². The Bertz CT molecular complexity index is 970. The zero-order valence-corrected chi connectivity index (χ0v) is 16.8. The minimum atomic E-state index is -0.368. The molecule has 1 fully saturated rings. The maximum Gasteiger partial charge on any atom is 0.254 e. The Morgan fingerprint density at radius 1 is 1.24 bits per heavy atom. The normalized spacial score (nSPS) is 16.5. The molecule has 154 valence electrons. The maximum atomic E-state index is 13.2. The Labute approximate surface area is 169 Å². The number of amides is 2. The van der Waals surface area contributed by atoms with Crippen molar-refractivity contribution in [3.05, 3.63) is 69.4 Å². The number of rotatable bonds is 5. The van der Waals surface area contributed by atoms with Crippen molar-refractivity contribution >= 4 is 11.8 Å². The number of pyridine rings is 1. The Balaban J connectivity index is 1.60. The molecule has 0 unspecified atom stereocenters. The first-order valence-electron chi connectivity index (χ1n) is 9.93. The molecule has 2 amide bonds. The van der Waals surface area contributed by atoms with E-state index in [0.717, 1.165) is 12.8 Å². The van der Waals surface area contributed by atoms with Crippen molar-refractivity contribution in [3.8, 4) is 0 Å². The van der Waals surface area contributed by atoms with E-state index in [2.05, 4.69) is 5.32 Å². The first-order chi connectivity index (χ1) is 13.9. The van der Waals surface area contributed by atoms with Crippen LogP contribution in [0, 0.1) is 18.7 Å². The van der Waals surface area contributed by atoms with E-state index in [9.17, 15) is 18.8 Å². The number of benzene rings is 1. The molecule has 6 nitrogen and oxygen atoms in total. The lowest BCUT2D eigenvalue weighted by molar-refractivity contribution is 0.0670. The summed E-state index contributed by atoms with van der Waals surface area (Å²) in [6, 6.07) is 7.15.